The van der Waals surface area contributed by atoms with Gasteiger partial charge in [0, 0.05) is 32.9 Å². The van der Waals surface area contributed by atoms with Crippen LogP contribution in [-0.4, -0.2) is 9.97 Å². The molecule has 0 unspecified atom stereocenters. The molecule has 0 amide bonds. The Kier molecular flexibility index (Phi) is 5.85. The summed E-state index contributed by atoms with van der Waals surface area (Å²) in [6, 6.07) is 51.1. The number of para-hydroxylation sites is 1. The van der Waals surface area contributed by atoms with Crippen LogP contribution in [0.25, 0.3) is 78.1 Å². The molecule has 0 radical (unpaired) electrons. The quantitative estimate of drug-likeness (QED) is 0.205. The fourth-order valence-electron chi connectivity index (χ4n) is 7.06. The zero-order valence-corrected chi connectivity index (χ0v) is 25.7. The third-order valence-electron chi connectivity index (χ3n) is 9.49. The second-order valence-electron chi connectivity index (χ2n) is 12.7. The number of aromatic nitrogens is 2. The normalized spacial score (nSPS) is 13.2. The van der Waals surface area contributed by atoms with E-state index in [1.165, 1.54) is 38.6 Å². The van der Waals surface area contributed by atoms with E-state index in [9.17, 15) is 0 Å². The summed E-state index contributed by atoms with van der Waals surface area (Å²) in [7, 11) is 0. The lowest BCUT2D eigenvalue weighted by atomic mass is 9.81. The Hall–Kier alpha value is -5.80. The molecule has 3 heteroatoms. The Balaban J connectivity index is 1.14. The van der Waals surface area contributed by atoms with Crippen molar-refractivity contribution in [2.24, 2.45) is 0 Å². The van der Waals surface area contributed by atoms with Gasteiger partial charge in [0.05, 0.1) is 11.4 Å². The molecule has 6 aromatic carbocycles. The predicted molar refractivity (Wildman–Crippen MR) is 189 cm³/mol. The highest BCUT2D eigenvalue weighted by Gasteiger charge is 2.36. The average Bonchev–Trinajstić information content (AvgIpc) is 3.59. The molecule has 0 saturated carbocycles. The number of benzene rings is 6. The topological polar surface area (TPSA) is 38.9 Å². The monoisotopic (exact) mass is 590 g/mol. The Bertz CT molecular complexity index is 2380. The zero-order chi connectivity index (χ0) is 30.8. The molecule has 1 aliphatic carbocycles. The van der Waals surface area contributed by atoms with Gasteiger partial charge < -0.3 is 4.42 Å². The minimum atomic E-state index is -0.146. The van der Waals surface area contributed by atoms with Gasteiger partial charge in [0.2, 0.25) is 0 Å². The number of hydrogen-bond acceptors (Lipinski definition) is 3. The van der Waals surface area contributed by atoms with E-state index >= 15 is 0 Å². The van der Waals surface area contributed by atoms with E-state index in [1.807, 2.05) is 48.5 Å². The molecule has 1 aliphatic rings. The molecule has 0 aliphatic heterocycles. The van der Waals surface area contributed by atoms with E-state index in [-0.39, 0.29) is 5.41 Å². The van der Waals surface area contributed by atoms with E-state index in [4.69, 9.17) is 14.4 Å². The van der Waals surface area contributed by atoms with Gasteiger partial charge in [-0.2, -0.15) is 0 Å². The van der Waals surface area contributed by atoms with Crippen molar-refractivity contribution in [3.63, 3.8) is 0 Å². The molecule has 0 fully saturated rings. The van der Waals surface area contributed by atoms with Crippen LogP contribution in [0.15, 0.2) is 150 Å². The second kappa shape index (κ2) is 10.1. The van der Waals surface area contributed by atoms with E-state index in [2.05, 4.69) is 111 Å². The van der Waals surface area contributed by atoms with Gasteiger partial charge in [0.15, 0.2) is 5.82 Å². The number of nitrogens with zero attached hydrogens (tertiary/aromatic N) is 2. The largest absolute Gasteiger partial charge is 0.456 e. The molecule has 2 aromatic heterocycles. The van der Waals surface area contributed by atoms with E-state index in [1.54, 1.807) is 0 Å². The molecule has 8 aromatic rings. The van der Waals surface area contributed by atoms with Crippen LogP contribution in [0.2, 0.25) is 0 Å². The first-order chi connectivity index (χ1) is 22.5. The molecule has 0 N–H and O–H groups in total. The van der Waals surface area contributed by atoms with Gasteiger partial charge in [-0.1, -0.05) is 123 Å². The van der Waals surface area contributed by atoms with Crippen LogP contribution in [0.4, 0.5) is 0 Å². The maximum absolute atomic E-state index is 6.27. The summed E-state index contributed by atoms with van der Waals surface area (Å²) >= 11 is 0. The van der Waals surface area contributed by atoms with E-state index < -0.39 is 0 Å². The summed E-state index contributed by atoms with van der Waals surface area (Å²) in [6.07, 6.45) is 0. The Labute approximate surface area is 267 Å². The molecule has 9 rings (SSSR count). The van der Waals surface area contributed by atoms with Gasteiger partial charge in [0.25, 0.3) is 0 Å². The van der Waals surface area contributed by atoms with Crippen LogP contribution < -0.4 is 0 Å². The Morgan fingerprint density at radius 2 is 1.07 bits per heavy atom. The Morgan fingerprint density at radius 3 is 1.87 bits per heavy atom. The maximum Gasteiger partial charge on any atom is 0.160 e. The van der Waals surface area contributed by atoms with Crippen molar-refractivity contribution >= 4 is 21.9 Å². The lowest BCUT2D eigenvalue weighted by molar-refractivity contribution is 0.658. The molecular formula is C43H30N2O. The lowest BCUT2D eigenvalue weighted by Crippen LogP contribution is -2.15. The van der Waals surface area contributed by atoms with Gasteiger partial charge in [-0.3, -0.25) is 0 Å². The SMILES string of the molecule is CC1(C)c2cc(-c3cccc(-c4cc(-c5ccccc5)nc(-c5ccccc5)n4)c3)ccc2-c2cc3oc4ccccc4c3cc21. The molecule has 0 spiro atoms. The fraction of sp³-hybridized carbons (Fsp3) is 0.0698. The minimum Gasteiger partial charge on any atom is -0.456 e. The van der Waals surface area contributed by atoms with Gasteiger partial charge in [0.1, 0.15) is 11.2 Å². The Morgan fingerprint density at radius 1 is 0.435 bits per heavy atom. The van der Waals surface area contributed by atoms with Crippen LogP contribution in [0.3, 0.4) is 0 Å². The standard InChI is InChI=1S/C43H30N2O/c1-43(2)36-23-30(20-21-32(36)34-25-41-35(24-37(34)43)33-18-9-10-19-40(33)46-41)29-16-11-17-31(22-29)39-26-38(27-12-5-3-6-13-27)44-42(45-39)28-14-7-4-8-15-28/h3-26H,1-2H3. The fourth-order valence-corrected chi connectivity index (χ4v) is 7.06. The maximum atomic E-state index is 6.27. The van der Waals surface area contributed by atoms with Crippen molar-refractivity contribution in [3.05, 3.63) is 157 Å². The first kappa shape index (κ1) is 26.6. The minimum absolute atomic E-state index is 0.146. The third-order valence-corrected chi connectivity index (χ3v) is 9.49. The highest BCUT2D eigenvalue weighted by atomic mass is 16.3. The summed E-state index contributed by atoms with van der Waals surface area (Å²) in [5.41, 5.74) is 14.2. The van der Waals surface area contributed by atoms with Crippen LogP contribution >= 0.6 is 0 Å². The number of furan rings is 1. The third kappa shape index (κ3) is 4.20. The molecule has 218 valence electrons. The van der Waals surface area contributed by atoms with Gasteiger partial charge in [-0.25, -0.2) is 9.97 Å². The summed E-state index contributed by atoms with van der Waals surface area (Å²) in [5.74, 6) is 0.720. The lowest BCUT2D eigenvalue weighted by Gasteiger charge is -2.22. The van der Waals surface area contributed by atoms with Crippen LogP contribution in [0, 0.1) is 0 Å². The smallest absolute Gasteiger partial charge is 0.160 e. The molecular weight excluding hydrogens is 560 g/mol. The number of hydrogen-bond donors (Lipinski definition) is 0. The van der Waals surface area contributed by atoms with Crippen molar-refractivity contribution in [1.82, 2.24) is 9.97 Å². The van der Waals surface area contributed by atoms with Crippen molar-refractivity contribution in [2.75, 3.05) is 0 Å². The van der Waals surface area contributed by atoms with Crippen molar-refractivity contribution in [3.8, 4) is 56.2 Å². The van der Waals surface area contributed by atoms with Crippen molar-refractivity contribution in [2.45, 2.75) is 19.3 Å². The summed E-state index contributed by atoms with van der Waals surface area (Å²) in [5, 5.41) is 2.35. The van der Waals surface area contributed by atoms with Crippen LogP contribution in [0.1, 0.15) is 25.0 Å². The van der Waals surface area contributed by atoms with Gasteiger partial charge in [-0.15, -0.1) is 0 Å². The molecule has 0 bridgehead atoms. The predicted octanol–water partition coefficient (Wildman–Crippen LogP) is 11.4. The van der Waals surface area contributed by atoms with E-state index in [0.717, 1.165) is 50.6 Å². The van der Waals surface area contributed by atoms with Crippen LogP contribution in [-0.2, 0) is 5.41 Å². The number of rotatable bonds is 4. The summed E-state index contributed by atoms with van der Waals surface area (Å²) in [4.78, 5) is 10.0. The molecule has 2 heterocycles. The molecule has 0 saturated heterocycles. The van der Waals surface area contributed by atoms with E-state index in [0.29, 0.717) is 0 Å². The highest BCUT2D eigenvalue weighted by Crippen LogP contribution is 2.51. The molecule has 0 atom stereocenters. The van der Waals surface area contributed by atoms with Crippen molar-refractivity contribution < 1.29 is 4.42 Å². The molecule has 46 heavy (non-hydrogen) atoms. The summed E-state index contributed by atoms with van der Waals surface area (Å²) in [6.45, 7) is 4.67. The second-order valence-corrected chi connectivity index (χ2v) is 12.7. The average molecular weight is 591 g/mol. The zero-order valence-electron chi connectivity index (χ0n) is 25.7. The van der Waals surface area contributed by atoms with Crippen LogP contribution in [0.5, 0.6) is 0 Å². The first-order valence-corrected chi connectivity index (χ1v) is 15.7. The van der Waals surface area contributed by atoms with Gasteiger partial charge in [-0.05, 0) is 69.8 Å². The summed E-state index contributed by atoms with van der Waals surface area (Å²) < 4.78 is 6.27. The van der Waals surface area contributed by atoms with Gasteiger partial charge >= 0.3 is 0 Å². The number of fused-ring (bicyclic) bond motifs is 6. The first-order valence-electron chi connectivity index (χ1n) is 15.7. The highest BCUT2D eigenvalue weighted by molar-refractivity contribution is 6.07. The van der Waals surface area contributed by atoms with Crippen molar-refractivity contribution in [1.29, 1.82) is 0 Å². The molecule has 3 nitrogen and oxygen atoms in total.